The maximum Gasteiger partial charge on any atom is 0.123 e. The fourth-order valence-corrected chi connectivity index (χ4v) is 2.95. The van der Waals surface area contributed by atoms with E-state index in [-0.39, 0.29) is 0 Å². The van der Waals surface area contributed by atoms with Crippen molar-refractivity contribution in [3.05, 3.63) is 28.8 Å². The molecule has 4 heteroatoms. The van der Waals surface area contributed by atoms with Crippen molar-refractivity contribution in [1.29, 1.82) is 0 Å². The SMILES string of the molecule is CCC[C@@H](c1cc(Cl)ccc1OC)N1CCNCC1. The maximum absolute atomic E-state index is 6.17. The molecule has 0 bridgehead atoms. The highest BCUT2D eigenvalue weighted by Crippen LogP contribution is 2.34. The third kappa shape index (κ3) is 3.62. The predicted molar refractivity (Wildman–Crippen MR) is 80.1 cm³/mol. The topological polar surface area (TPSA) is 24.5 Å². The Kier molecular flexibility index (Phi) is 5.49. The number of nitrogens with one attached hydrogen (secondary N) is 1. The summed E-state index contributed by atoms with van der Waals surface area (Å²) in [6.45, 7) is 6.51. The van der Waals surface area contributed by atoms with Gasteiger partial charge in [-0.15, -0.1) is 0 Å². The first-order valence-corrected chi connectivity index (χ1v) is 7.42. The van der Waals surface area contributed by atoms with E-state index in [9.17, 15) is 0 Å². The molecule has 3 nitrogen and oxygen atoms in total. The minimum absolute atomic E-state index is 0.403. The molecule has 0 aliphatic carbocycles. The van der Waals surface area contributed by atoms with E-state index in [1.54, 1.807) is 7.11 Å². The van der Waals surface area contributed by atoms with Gasteiger partial charge in [0, 0.05) is 42.8 Å². The van der Waals surface area contributed by atoms with Gasteiger partial charge in [-0.2, -0.15) is 0 Å². The van der Waals surface area contributed by atoms with Crippen molar-refractivity contribution in [2.24, 2.45) is 0 Å². The zero-order valence-electron chi connectivity index (χ0n) is 11.8. The van der Waals surface area contributed by atoms with Crippen molar-refractivity contribution in [3.63, 3.8) is 0 Å². The second-order valence-electron chi connectivity index (χ2n) is 4.98. The molecule has 0 amide bonds. The highest BCUT2D eigenvalue weighted by Gasteiger charge is 2.24. The lowest BCUT2D eigenvalue weighted by Crippen LogP contribution is -2.45. The molecule has 106 valence electrons. The van der Waals surface area contributed by atoms with Crippen molar-refractivity contribution in [3.8, 4) is 5.75 Å². The van der Waals surface area contributed by atoms with Crippen LogP contribution in [0.3, 0.4) is 0 Å². The maximum atomic E-state index is 6.17. The summed E-state index contributed by atoms with van der Waals surface area (Å²) in [4.78, 5) is 2.54. The highest BCUT2D eigenvalue weighted by molar-refractivity contribution is 6.30. The summed E-state index contributed by atoms with van der Waals surface area (Å²) in [5.74, 6) is 0.946. The van der Waals surface area contributed by atoms with E-state index < -0.39 is 0 Å². The molecule has 1 fully saturated rings. The molecule has 1 aromatic carbocycles. The van der Waals surface area contributed by atoms with Crippen molar-refractivity contribution in [2.45, 2.75) is 25.8 Å². The lowest BCUT2D eigenvalue weighted by Gasteiger charge is -2.35. The molecule has 1 aliphatic heterocycles. The molecule has 0 spiro atoms. The number of nitrogens with zero attached hydrogens (tertiary/aromatic N) is 1. The van der Waals surface area contributed by atoms with Crippen LogP contribution in [0.2, 0.25) is 5.02 Å². The molecular formula is C15H23ClN2O. The van der Waals surface area contributed by atoms with E-state index in [4.69, 9.17) is 16.3 Å². The van der Waals surface area contributed by atoms with Crippen LogP contribution in [0.15, 0.2) is 18.2 Å². The van der Waals surface area contributed by atoms with E-state index in [1.807, 2.05) is 12.1 Å². The molecule has 0 unspecified atom stereocenters. The van der Waals surface area contributed by atoms with Gasteiger partial charge in [0.25, 0.3) is 0 Å². The van der Waals surface area contributed by atoms with Gasteiger partial charge < -0.3 is 10.1 Å². The van der Waals surface area contributed by atoms with Gasteiger partial charge in [0.05, 0.1) is 7.11 Å². The van der Waals surface area contributed by atoms with Gasteiger partial charge in [-0.3, -0.25) is 4.90 Å². The largest absolute Gasteiger partial charge is 0.496 e. The van der Waals surface area contributed by atoms with Gasteiger partial charge >= 0.3 is 0 Å². The van der Waals surface area contributed by atoms with Gasteiger partial charge in [-0.25, -0.2) is 0 Å². The summed E-state index contributed by atoms with van der Waals surface area (Å²) in [6, 6.07) is 6.33. The number of hydrogen-bond donors (Lipinski definition) is 1. The number of rotatable bonds is 5. The Morgan fingerprint density at radius 2 is 2.11 bits per heavy atom. The summed E-state index contributed by atoms with van der Waals surface area (Å²) in [5, 5.41) is 4.19. The van der Waals surface area contributed by atoms with Gasteiger partial charge in [0.2, 0.25) is 0 Å². The Hall–Kier alpha value is -0.770. The molecule has 19 heavy (non-hydrogen) atoms. The molecule has 0 aromatic heterocycles. The van der Waals surface area contributed by atoms with Crippen LogP contribution in [-0.4, -0.2) is 38.2 Å². The number of ether oxygens (including phenoxy) is 1. The fourth-order valence-electron chi connectivity index (χ4n) is 2.77. The third-order valence-electron chi connectivity index (χ3n) is 3.71. The number of hydrogen-bond acceptors (Lipinski definition) is 3. The predicted octanol–water partition coefficient (Wildman–Crippen LogP) is 3.10. The van der Waals surface area contributed by atoms with Crippen molar-refractivity contribution in [1.82, 2.24) is 10.2 Å². The molecule has 0 saturated carbocycles. The summed E-state index contributed by atoms with van der Waals surface area (Å²) in [7, 11) is 1.73. The van der Waals surface area contributed by atoms with Crippen molar-refractivity contribution < 1.29 is 4.74 Å². The summed E-state index contributed by atoms with van der Waals surface area (Å²) in [5.41, 5.74) is 1.22. The summed E-state index contributed by atoms with van der Waals surface area (Å²) < 4.78 is 5.52. The van der Waals surface area contributed by atoms with Crippen LogP contribution < -0.4 is 10.1 Å². The molecule has 1 saturated heterocycles. The van der Waals surface area contributed by atoms with E-state index in [2.05, 4.69) is 23.2 Å². The third-order valence-corrected chi connectivity index (χ3v) is 3.94. The molecule has 1 aromatic rings. The zero-order chi connectivity index (χ0) is 13.7. The van der Waals surface area contributed by atoms with E-state index in [1.165, 1.54) is 5.56 Å². The Balaban J connectivity index is 2.28. The average Bonchev–Trinajstić information content (AvgIpc) is 2.45. The van der Waals surface area contributed by atoms with Gasteiger partial charge in [-0.05, 0) is 24.6 Å². The molecule has 1 atom stereocenters. The number of piperazine rings is 1. The summed E-state index contributed by atoms with van der Waals surface area (Å²) >= 11 is 6.17. The normalized spacial score (nSPS) is 18.3. The van der Waals surface area contributed by atoms with Crippen LogP contribution in [0.25, 0.3) is 0 Å². The standard InChI is InChI=1S/C15H23ClN2O/c1-3-4-14(18-9-7-17-8-10-18)13-11-12(16)5-6-15(13)19-2/h5-6,11,14,17H,3-4,7-10H2,1-2H3/t14-/m0/s1. The van der Waals surface area contributed by atoms with Crippen LogP contribution in [0.1, 0.15) is 31.4 Å². The van der Waals surface area contributed by atoms with Crippen LogP contribution in [-0.2, 0) is 0 Å². The molecular weight excluding hydrogens is 260 g/mol. The number of methoxy groups -OCH3 is 1. The first kappa shape index (κ1) is 14.6. The quantitative estimate of drug-likeness (QED) is 0.898. The monoisotopic (exact) mass is 282 g/mol. The Morgan fingerprint density at radius 1 is 1.37 bits per heavy atom. The highest BCUT2D eigenvalue weighted by atomic mass is 35.5. The first-order valence-electron chi connectivity index (χ1n) is 7.04. The van der Waals surface area contributed by atoms with Crippen molar-refractivity contribution >= 4 is 11.6 Å². The van der Waals surface area contributed by atoms with Gasteiger partial charge in [-0.1, -0.05) is 24.9 Å². The van der Waals surface area contributed by atoms with Crippen LogP contribution in [0.4, 0.5) is 0 Å². The van der Waals surface area contributed by atoms with E-state index >= 15 is 0 Å². The fraction of sp³-hybridized carbons (Fsp3) is 0.600. The van der Waals surface area contributed by atoms with E-state index in [0.717, 1.165) is 49.8 Å². The minimum atomic E-state index is 0.403. The summed E-state index contributed by atoms with van der Waals surface area (Å²) in [6.07, 6.45) is 2.29. The Labute approximate surface area is 120 Å². The number of benzene rings is 1. The Bertz CT molecular complexity index is 405. The van der Waals surface area contributed by atoms with Gasteiger partial charge in [0.15, 0.2) is 0 Å². The van der Waals surface area contributed by atoms with Crippen LogP contribution >= 0.6 is 11.6 Å². The van der Waals surface area contributed by atoms with Crippen LogP contribution in [0, 0.1) is 0 Å². The molecule has 1 N–H and O–H groups in total. The van der Waals surface area contributed by atoms with Crippen LogP contribution in [0.5, 0.6) is 5.75 Å². The zero-order valence-corrected chi connectivity index (χ0v) is 12.5. The minimum Gasteiger partial charge on any atom is -0.496 e. The lowest BCUT2D eigenvalue weighted by atomic mass is 9.99. The Morgan fingerprint density at radius 3 is 2.74 bits per heavy atom. The van der Waals surface area contributed by atoms with E-state index in [0.29, 0.717) is 6.04 Å². The van der Waals surface area contributed by atoms with Gasteiger partial charge in [0.1, 0.15) is 5.75 Å². The van der Waals surface area contributed by atoms with Crippen molar-refractivity contribution in [2.75, 3.05) is 33.3 Å². The molecule has 0 radical (unpaired) electrons. The second kappa shape index (κ2) is 7.13. The average molecular weight is 283 g/mol. The lowest BCUT2D eigenvalue weighted by molar-refractivity contribution is 0.162. The first-order chi connectivity index (χ1) is 9.26. The molecule has 1 heterocycles. The second-order valence-corrected chi connectivity index (χ2v) is 5.41. The molecule has 2 rings (SSSR count). The smallest absolute Gasteiger partial charge is 0.123 e. The molecule has 1 aliphatic rings. The number of halogens is 1.